The Morgan fingerprint density at radius 3 is 2.56 bits per heavy atom. The maximum Gasteiger partial charge on any atom is 0.294 e. The molecule has 7 nitrogen and oxygen atoms in total. The SMILES string of the molecule is CCOc1cc(/C=C2\SC(=O)N(CC(=O)Nc3ccc(F)cc3)C2=O)cc(Br)c1OCc1cccc2ccccc12. The van der Waals surface area contributed by atoms with Crippen LogP contribution in [0.2, 0.25) is 0 Å². The molecule has 4 aromatic rings. The van der Waals surface area contributed by atoms with Gasteiger partial charge >= 0.3 is 0 Å². The molecule has 1 N–H and O–H groups in total. The van der Waals surface area contributed by atoms with E-state index in [1.807, 2.05) is 31.2 Å². The minimum Gasteiger partial charge on any atom is -0.490 e. The third kappa shape index (κ3) is 6.61. The summed E-state index contributed by atoms with van der Waals surface area (Å²) in [4.78, 5) is 39.0. The zero-order chi connectivity index (χ0) is 28.9. The number of hydrogen-bond acceptors (Lipinski definition) is 6. The van der Waals surface area contributed by atoms with Crippen molar-refractivity contribution >= 4 is 67.3 Å². The van der Waals surface area contributed by atoms with E-state index < -0.39 is 29.4 Å². The Bertz CT molecular complexity index is 1670. The molecule has 0 atom stereocenters. The van der Waals surface area contributed by atoms with Crippen LogP contribution in [0.5, 0.6) is 11.5 Å². The Morgan fingerprint density at radius 1 is 1.02 bits per heavy atom. The van der Waals surface area contributed by atoms with Crippen LogP contribution in [-0.2, 0) is 16.2 Å². The molecule has 3 amide bonds. The molecule has 0 radical (unpaired) electrons. The van der Waals surface area contributed by atoms with Crippen molar-refractivity contribution in [1.82, 2.24) is 4.90 Å². The van der Waals surface area contributed by atoms with Gasteiger partial charge in [-0.1, -0.05) is 42.5 Å². The number of rotatable bonds is 9. The van der Waals surface area contributed by atoms with Gasteiger partial charge in [-0.25, -0.2) is 4.39 Å². The van der Waals surface area contributed by atoms with E-state index in [0.29, 0.717) is 40.4 Å². The van der Waals surface area contributed by atoms with Gasteiger partial charge in [0.25, 0.3) is 11.1 Å². The van der Waals surface area contributed by atoms with Crippen molar-refractivity contribution in [3.63, 3.8) is 0 Å². The summed E-state index contributed by atoms with van der Waals surface area (Å²) >= 11 is 4.31. The molecule has 1 fully saturated rings. The number of hydrogen-bond donors (Lipinski definition) is 1. The monoisotopic (exact) mass is 634 g/mol. The molecule has 1 saturated heterocycles. The second kappa shape index (κ2) is 12.6. The lowest BCUT2D eigenvalue weighted by molar-refractivity contribution is -0.127. The van der Waals surface area contributed by atoms with Gasteiger partial charge in [-0.3, -0.25) is 19.3 Å². The average Bonchev–Trinajstić information content (AvgIpc) is 3.21. The Morgan fingerprint density at radius 2 is 1.78 bits per heavy atom. The van der Waals surface area contributed by atoms with Gasteiger partial charge in [0.1, 0.15) is 19.0 Å². The van der Waals surface area contributed by atoms with Gasteiger partial charge in [-0.2, -0.15) is 0 Å². The largest absolute Gasteiger partial charge is 0.490 e. The molecule has 5 rings (SSSR count). The van der Waals surface area contributed by atoms with E-state index in [0.717, 1.165) is 33.0 Å². The van der Waals surface area contributed by atoms with Crippen molar-refractivity contribution in [2.75, 3.05) is 18.5 Å². The first-order chi connectivity index (χ1) is 19.8. The van der Waals surface area contributed by atoms with E-state index in [1.54, 1.807) is 18.2 Å². The van der Waals surface area contributed by atoms with E-state index in [-0.39, 0.29) is 4.91 Å². The Balaban J connectivity index is 1.32. The van der Waals surface area contributed by atoms with Crippen molar-refractivity contribution in [3.8, 4) is 11.5 Å². The standard InChI is InChI=1S/C31H24BrFN2O5S/c1-2-39-26-15-19(14-25(32)29(26)40-18-21-8-5-7-20-6-3-4-9-24(20)21)16-27-30(37)35(31(38)41-27)17-28(36)34-23-12-10-22(33)11-13-23/h3-16H,2,17-18H2,1H3,(H,34,36)/b27-16-. The Labute approximate surface area is 248 Å². The third-order valence-electron chi connectivity index (χ3n) is 6.18. The highest BCUT2D eigenvalue weighted by atomic mass is 79.9. The fourth-order valence-corrected chi connectivity index (χ4v) is 5.72. The highest BCUT2D eigenvalue weighted by molar-refractivity contribution is 9.10. The third-order valence-corrected chi connectivity index (χ3v) is 7.68. The number of benzene rings is 4. The maximum absolute atomic E-state index is 13.1. The number of nitrogens with zero attached hydrogens (tertiary/aromatic N) is 1. The normalized spacial score (nSPS) is 14.1. The number of imide groups is 1. The van der Waals surface area contributed by atoms with Crippen LogP contribution in [0.25, 0.3) is 16.8 Å². The maximum atomic E-state index is 13.1. The van der Waals surface area contributed by atoms with E-state index in [2.05, 4.69) is 39.4 Å². The molecule has 0 aromatic heterocycles. The number of fused-ring (bicyclic) bond motifs is 1. The van der Waals surface area contributed by atoms with Crippen LogP contribution in [0.15, 0.2) is 88.2 Å². The molecule has 1 aliphatic rings. The van der Waals surface area contributed by atoms with E-state index >= 15 is 0 Å². The number of amides is 3. The summed E-state index contributed by atoms with van der Waals surface area (Å²) in [6, 6.07) is 22.8. The highest BCUT2D eigenvalue weighted by Crippen LogP contribution is 2.40. The number of ether oxygens (including phenoxy) is 2. The lowest BCUT2D eigenvalue weighted by Crippen LogP contribution is -2.36. The van der Waals surface area contributed by atoms with Crippen LogP contribution < -0.4 is 14.8 Å². The minimum atomic E-state index is -0.584. The summed E-state index contributed by atoms with van der Waals surface area (Å²) in [5, 5.41) is 4.21. The zero-order valence-electron chi connectivity index (χ0n) is 21.9. The highest BCUT2D eigenvalue weighted by Gasteiger charge is 2.36. The number of halogens is 2. The second-order valence-corrected chi connectivity index (χ2v) is 10.9. The van der Waals surface area contributed by atoms with Gasteiger partial charge in [0.05, 0.1) is 16.0 Å². The lowest BCUT2D eigenvalue weighted by Gasteiger charge is -2.16. The molecule has 0 spiro atoms. The predicted octanol–water partition coefficient (Wildman–Crippen LogP) is 7.39. The summed E-state index contributed by atoms with van der Waals surface area (Å²) in [6.07, 6.45) is 1.57. The summed E-state index contributed by atoms with van der Waals surface area (Å²) in [6.45, 7) is 2.10. The van der Waals surface area contributed by atoms with Crippen molar-refractivity contribution in [2.24, 2.45) is 0 Å². The van der Waals surface area contributed by atoms with Crippen molar-refractivity contribution < 1.29 is 28.2 Å². The van der Waals surface area contributed by atoms with Gasteiger partial charge in [0.2, 0.25) is 5.91 Å². The summed E-state index contributed by atoms with van der Waals surface area (Å²) < 4.78 is 25.8. The van der Waals surface area contributed by atoms with Gasteiger partial charge in [0, 0.05) is 5.69 Å². The number of nitrogens with one attached hydrogen (secondary N) is 1. The van der Waals surface area contributed by atoms with Gasteiger partial charge in [-0.05, 0) is 99.0 Å². The molecule has 0 bridgehead atoms. The van der Waals surface area contributed by atoms with Crippen LogP contribution in [0.4, 0.5) is 14.9 Å². The number of carbonyl (C=O) groups is 3. The fraction of sp³-hybridized carbons (Fsp3) is 0.129. The molecule has 10 heteroatoms. The molecule has 0 aliphatic carbocycles. The lowest BCUT2D eigenvalue weighted by atomic mass is 10.1. The first-order valence-electron chi connectivity index (χ1n) is 12.7. The first-order valence-corrected chi connectivity index (χ1v) is 14.3. The van der Waals surface area contributed by atoms with Gasteiger partial charge in [0.15, 0.2) is 11.5 Å². The summed E-state index contributed by atoms with van der Waals surface area (Å²) in [5.74, 6) is -0.606. The predicted molar refractivity (Wildman–Crippen MR) is 161 cm³/mol. The minimum absolute atomic E-state index is 0.170. The number of anilines is 1. The molecular weight excluding hydrogens is 611 g/mol. The molecule has 0 unspecified atom stereocenters. The number of thioether (sulfide) groups is 1. The van der Waals surface area contributed by atoms with Crippen LogP contribution in [0.3, 0.4) is 0 Å². The smallest absolute Gasteiger partial charge is 0.294 e. The van der Waals surface area contributed by atoms with Crippen LogP contribution >= 0.6 is 27.7 Å². The zero-order valence-corrected chi connectivity index (χ0v) is 24.3. The molecule has 0 saturated carbocycles. The summed E-state index contributed by atoms with van der Waals surface area (Å²) in [5.41, 5.74) is 1.99. The fourth-order valence-electron chi connectivity index (χ4n) is 4.31. The molecule has 1 aliphatic heterocycles. The van der Waals surface area contributed by atoms with Crippen molar-refractivity contribution in [2.45, 2.75) is 13.5 Å². The average molecular weight is 636 g/mol. The molecule has 41 heavy (non-hydrogen) atoms. The quantitative estimate of drug-likeness (QED) is 0.193. The Hall–Kier alpha value is -4.15. The van der Waals surface area contributed by atoms with Gasteiger partial charge in [-0.15, -0.1) is 0 Å². The first kappa shape index (κ1) is 28.4. The van der Waals surface area contributed by atoms with Crippen molar-refractivity contribution in [3.05, 3.63) is 105 Å². The van der Waals surface area contributed by atoms with Gasteiger partial charge < -0.3 is 14.8 Å². The van der Waals surface area contributed by atoms with E-state index in [1.165, 1.54) is 24.3 Å². The molecular formula is C31H24BrFN2O5S. The molecule has 4 aromatic carbocycles. The summed E-state index contributed by atoms with van der Waals surface area (Å²) in [7, 11) is 0. The molecule has 1 heterocycles. The van der Waals surface area contributed by atoms with Crippen LogP contribution in [0, 0.1) is 5.82 Å². The second-order valence-electron chi connectivity index (χ2n) is 9.01. The number of carbonyl (C=O) groups excluding carboxylic acids is 3. The van der Waals surface area contributed by atoms with Crippen molar-refractivity contribution in [1.29, 1.82) is 0 Å². The van der Waals surface area contributed by atoms with E-state index in [9.17, 15) is 18.8 Å². The Kier molecular flexibility index (Phi) is 8.70. The van der Waals surface area contributed by atoms with Crippen LogP contribution in [-0.4, -0.2) is 35.1 Å². The molecule has 208 valence electrons. The topological polar surface area (TPSA) is 84.9 Å². The van der Waals surface area contributed by atoms with Crippen LogP contribution in [0.1, 0.15) is 18.1 Å². The van der Waals surface area contributed by atoms with E-state index in [4.69, 9.17) is 9.47 Å².